The highest BCUT2D eigenvalue weighted by Gasteiger charge is 2.42. The zero-order valence-corrected chi connectivity index (χ0v) is 15.5. The van der Waals surface area contributed by atoms with Crippen LogP contribution in [0.25, 0.3) is 0 Å². The Labute approximate surface area is 142 Å². The van der Waals surface area contributed by atoms with Crippen LogP contribution < -0.4 is 5.32 Å². The van der Waals surface area contributed by atoms with Gasteiger partial charge in [-0.05, 0) is 41.5 Å². The number of hydrogen-bond acceptors (Lipinski definition) is 6. The van der Waals surface area contributed by atoms with Crippen LogP contribution in [0.2, 0.25) is 0 Å². The van der Waals surface area contributed by atoms with Gasteiger partial charge in [-0.2, -0.15) is 0 Å². The molecule has 0 bridgehead atoms. The fourth-order valence-electron chi connectivity index (χ4n) is 2.13. The quantitative estimate of drug-likeness (QED) is 0.621. The zero-order valence-electron chi connectivity index (χ0n) is 15.5. The third-order valence-electron chi connectivity index (χ3n) is 3.16. The Morgan fingerprint density at radius 3 is 1.92 bits per heavy atom. The second-order valence-electron chi connectivity index (χ2n) is 7.79. The molecule has 2 amide bonds. The van der Waals surface area contributed by atoms with Gasteiger partial charge < -0.3 is 24.4 Å². The Morgan fingerprint density at radius 1 is 1.00 bits per heavy atom. The van der Waals surface area contributed by atoms with Crippen molar-refractivity contribution in [3.8, 4) is 0 Å². The monoisotopic (exact) mass is 344 g/mol. The lowest BCUT2D eigenvalue weighted by Crippen LogP contribution is -2.61. The van der Waals surface area contributed by atoms with Crippen molar-refractivity contribution in [3.63, 3.8) is 0 Å². The minimum Gasteiger partial charge on any atom is -0.467 e. The molecule has 1 rings (SSSR count). The lowest BCUT2D eigenvalue weighted by molar-refractivity contribution is -0.146. The Balaban J connectivity index is 2.62. The summed E-state index contributed by atoms with van der Waals surface area (Å²) in [5.74, 6) is -0.827. The minimum absolute atomic E-state index is 0.252. The molecule has 1 aliphatic rings. The summed E-state index contributed by atoms with van der Waals surface area (Å²) < 4.78 is 15.2. The molecule has 0 aliphatic carbocycles. The van der Waals surface area contributed by atoms with Gasteiger partial charge in [0.05, 0.1) is 7.11 Å². The van der Waals surface area contributed by atoms with Gasteiger partial charge in [-0.15, -0.1) is 0 Å². The molecule has 1 atom stereocenters. The fraction of sp³-hybridized carbons (Fsp3) is 0.812. The molecule has 0 saturated carbocycles. The van der Waals surface area contributed by atoms with E-state index in [9.17, 15) is 14.4 Å². The molecule has 138 valence electrons. The van der Waals surface area contributed by atoms with Crippen LogP contribution >= 0.6 is 0 Å². The Hall–Kier alpha value is -1.99. The summed E-state index contributed by atoms with van der Waals surface area (Å²) in [6, 6.07) is -0.872. The van der Waals surface area contributed by atoms with Crippen LogP contribution in [0, 0.1) is 5.92 Å². The first kappa shape index (κ1) is 20.1. The number of carbonyl (C=O) groups excluding carboxylic acids is 3. The van der Waals surface area contributed by atoms with Crippen molar-refractivity contribution in [1.29, 1.82) is 0 Å². The van der Waals surface area contributed by atoms with E-state index in [0.717, 1.165) is 0 Å². The fourth-order valence-corrected chi connectivity index (χ4v) is 2.13. The first-order valence-electron chi connectivity index (χ1n) is 7.87. The number of nitrogens with zero attached hydrogens (tertiary/aromatic N) is 1. The van der Waals surface area contributed by atoms with Gasteiger partial charge in [0.1, 0.15) is 17.2 Å². The number of rotatable bonds is 3. The Kier molecular flexibility index (Phi) is 6.08. The highest BCUT2D eigenvalue weighted by molar-refractivity contribution is 5.82. The van der Waals surface area contributed by atoms with Crippen molar-refractivity contribution in [2.24, 2.45) is 5.92 Å². The van der Waals surface area contributed by atoms with E-state index in [1.54, 1.807) is 41.5 Å². The molecule has 1 fully saturated rings. The van der Waals surface area contributed by atoms with E-state index in [-0.39, 0.29) is 5.92 Å². The van der Waals surface area contributed by atoms with Gasteiger partial charge in [0.2, 0.25) is 0 Å². The lowest BCUT2D eigenvalue weighted by atomic mass is 9.92. The molecule has 1 aliphatic heterocycles. The first-order chi connectivity index (χ1) is 10.8. The number of ether oxygens (including phenoxy) is 3. The minimum atomic E-state index is -0.872. The van der Waals surface area contributed by atoms with Crippen LogP contribution in [-0.2, 0) is 19.0 Å². The molecule has 1 saturated heterocycles. The van der Waals surface area contributed by atoms with Crippen molar-refractivity contribution in [2.75, 3.05) is 20.2 Å². The van der Waals surface area contributed by atoms with Gasteiger partial charge in [0, 0.05) is 19.0 Å². The van der Waals surface area contributed by atoms with Crippen LogP contribution in [0.3, 0.4) is 0 Å². The molecular formula is C16H28N2O6. The summed E-state index contributed by atoms with van der Waals surface area (Å²) in [6.45, 7) is 11.1. The molecule has 0 aromatic rings. The van der Waals surface area contributed by atoms with Gasteiger partial charge in [-0.3, -0.25) is 0 Å². The predicted octanol–water partition coefficient (Wildman–Crippen LogP) is 1.92. The van der Waals surface area contributed by atoms with Crippen molar-refractivity contribution in [2.45, 2.75) is 58.8 Å². The summed E-state index contributed by atoms with van der Waals surface area (Å²) in [6.07, 6.45) is -1.15. The molecule has 0 radical (unpaired) electrons. The second kappa shape index (κ2) is 7.27. The normalized spacial score (nSPS) is 16.7. The van der Waals surface area contributed by atoms with Crippen LogP contribution in [-0.4, -0.2) is 60.5 Å². The topological polar surface area (TPSA) is 94.2 Å². The van der Waals surface area contributed by atoms with Crippen molar-refractivity contribution < 1.29 is 28.6 Å². The molecule has 0 spiro atoms. The first-order valence-corrected chi connectivity index (χ1v) is 7.87. The molecule has 1 heterocycles. The van der Waals surface area contributed by atoms with Gasteiger partial charge in [0.25, 0.3) is 0 Å². The van der Waals surface area contributed by atoms with Crippen LogP contribution in [0.5, 0.6) is 0 Å². The average Bonchev–Trinajstić information content (AvgIpc) is 2.30. The maximum Gasteiger partial charge on any atom is 0.410 e. The van der Waals surface area contributed by atoms with E-state index in [1.165, 1.54) is 12.0 Å². The molecule has 0 aromatic carbocycles. The number of carbonyl (C=O) groups is 3. The van der Waals surface area contributed by atoms with Gasteiger partial charge in [-0.25, -0.2) is 14.4 Å². The number of amides is 2. The van der Waals surface area contributed by atoms with E-state index in [1.807, 2.05) is 0 Å². The van der Waals surface area contributed by atoms with Gasteiger partial charge in [-0.1, -0.05) is 0 Å². The number of hydrogen-bond donors (Lipinski definition) is 1. The lowest BCUT2D eigenvalue weighted by Gasteiger charge is -2.42. The Bertz CT molecular complexity index is 486. The van der Waals surface area contributed by atoms with Crippen LogP contribution in [0.1, 0.15) is 41.5 Å². The summed E-state index contributed by atoms with van der Waals surface area (Å²) in [5, 5.41) is 2.52. The third-order valence-corrected chi connectivity index (χ3v) is 3.16. The number of likely N-dealkylation sites (tertiary alicyclic amines) is 1. The third kappa shape index (κ3) is 6.25. The van der Waals surface area contributed by atoms with Gasteiger partial charge in [0.15, 0.2) is 0 Å². The van der Waals surface area contributed by atoms with Crippen molar-refractivity contribution in [1.82, 2.24) is 10.2 Å². The zero-order chi connectivity index (χ0) is 18.7. The number of alkyl carbamates (subject to hydrolysis) is 1. The molecule has 1 N–H and O–H groups in total. The highest BCUT2D eigenvalue weighted by atomic mass is 16.6. The summed E-state index contributed by atoms with van der Waals surface area (Å²) >= 11 is 0. The molecule has 1 unspecified atom stereocenters. The van der Waals surface area contributed by atoms with E-state index in [4.69, 9.17) is 14.2 Å². The van der Waals surface area contributed by atoms with Crippen molar-refractivity contribution >= 4 is 18.2 Å². The average molecular weight is 344 g/mol. The molecule has 8 heteroatoms. The SMILES string of the molecule is COC(=O)C(NC(=O)OC(C)(C)C)C1CN(C(=O)OC(C)(C)C)C1. The largest absolute Gasteiger partial charge is 0.467 e. The molecule has 0 aromatic heterocycles. The van der Waals surface area contributed by atoms with E-state index in [2.05, 4.69) is 5.32 Å². The smallest absolute Gasteiger partial charge is 0.410 e. The van der Waals surface area contributed by atoms with Crippen LogP contribution in [0.4, 0.5) is 9.59 Å². The van der Waals surface area contributed by atoms with E-state index in [0.29, 0.717) is 13.1 Å². The van der Waals surface area contributed by atoms with Crippen molar-refractivity contribution in [3.05, 3.63) is 0 Å². The standard InChI is InChI=1S/C16H28N2O6/c1-15(2,3)23-13(20)17-11(12(19)22-7)10-8-18(9-10)14(21)24-16(4,5)6/h10-11H,8-9H2,1-7H3,(H,17,20). The van der Waals surface area contributed by atoms with E-state index >= 15 is 0 Å². The number of esters is 1. The second-order valence-corrected chi connectivity index (χ2v) is 7.79. The molecular weight excluding hydrogens is 316 g/mol. The summed E-state index contributed by atoms with van der Waals surface area (Å²) in [7, 11) is 1.25. The maximum absolute atomic E-state index is 11.9. The Morgan fingerprint density at radius 2 is 1.50 bits per heavy atom. The van der Waals surface area contributed by atoms with Gasteiger partial charge >= 0.3 is 18.2 Å². The van der Waals surface area contributed by atoms with Crippen LogP contribution in [0.15, 0.2) is 0 Å². The maximum atomic E-state index is 11.9. The summed E-state index contributed by atoms with van der Waals surface area (Å²) in [4.78, 5) is 37.2. The number of methoxy groups -OCH3 is 1. The highest BCUT2D eigenvalue weighted by Crippen LogP contribution is 2.23. The molecule has 24 heavy (non-hydrogen) atoms. The summed E-state index contributed by atoms with van der Waals surface area (Å²) in [5.41, 5.74) is -1.26. The number of nitrogens with one attached hydrogen (secondary N) is 1. The predicted molar refractivity (Wildman–Crippen MR) is 86.5 cm³/mol. The van der Waals surface area contributed by atoms with E-state index < -0.39 is 35.4 Å². The molecule has 8 nitrogen and oxygen atoms in total.